The number of hydrogen-bond acceptors (Lipinski definition) is 7. The molecule has 4 aromatic rings. The van der Waals surface area contributed by atoms with E-state index in [-0.39, 0.29) is 11.5 Å². The third-order valence-electron chi connectivity index (χ3n) is 6.40. The molecule has 0 saturated carbocycles. The first-order valence-corrected chi connectivity index (χ1v) is 11.9. The van der Waals surface area contributed by atoms with E-state index >= 15 is 0 Å². The summed E-state index contributed by atoms with van der Waals surface area (Å²) in [6.07, 6.45) is -1.93. The number of alkyl halides is 3. The topological polar surface area (TPSA) is 108 Å². The minimum absolute atomic E-state index is 0.135. The van der Waals surface area contributed by atoms with Crippen LogP contribution in [0, 0.1) is 6.92 Å². The van der Waals surface area contributed by atoms with E-state index in [1.54, 1.807) is 36.1 Å². The maximum atomic E-state index is 13.5. The van der Waals surface area contributed by atoms with Gasteiger partial charge in [0.15, 0.2) is 17.1 Å². The van der Waals surface area contributed by atoms with Crippen molar-refractivity contribution in [3.63, 3.8) is 0 Å². The molecule has 38 heavy (non-hydrogen) atoms. The van der Waals surface area contributed by atoms with Crippen molar-refractivity contribution >= 4 is 17.4 Å². The number of nitrogens with zero attached hydrogens (tertiary/aromatic N) is 5. The number of anilines is 1. The number of nitrogen functional groups attached to an aromatic ring is 1. The zero-order chi connectivity index (χ0) is 27.0. The molecule has 1 fully saturated rings. The van der Waals surface area contributed by atoms with E-state index in [4.69, 9.17) is 15.2 Å². The fraction of sp³-hybridized carbons (Fsp3) is 0.308. The average molecular weight is 527 g/mol. The van der Waals surface area contributed by atoms with Crippen LogP contribution in [0.1, 0.15) is 24.1 Å². The predicted octanol–water partition coefficient (Wildman–Crippen LogP) is 4.38. The standard InChI is InChI=1S/C26H25F3N6O3/c1-15-24(17-12-18(26(27,28)29)25(30)31-14-17)35-22(32-15)8-6-19(33-35)16-5-7-20(21(13-16)37-2)38-11-10-34-9-3-4-23(34)36/h5-8,12-14H,3-4,9-11H2,1-2H3,(H2,30,31). The first kappa shape index (κ1) is 25.3. The number of rotatable bonds is 7. The number of nitrogens with two attached hydrogens (primary N) is 1. The lowest BCUT2D eigenvalue weighted by Crippen LogP contribution is -2.29. The molecule has 198 valence electrons. The summed E-state index contributed by atoms with van der Waals surface area (Å²) >= 11 is 0. The molecule has 9 nitrogen and oxygen atoms in total. The Balaban J connectivity index is 1.46. The molecule has 0 aliphatic carbocycles. The van der Waals surface area contributed by atoms with Gasteiger partial charge in [0, 0.05) is 30.3 Å². The average Bonchev–Trinajstić information content (AvgIpc) is 3.44. The van der Waals surface area contributed by atoms with Crippen LogP contribution < -0.4 is 15.2 Å². The van der Waals surface area contributed by atoms with Crippen LogP contribution in [0.15, 0.2) is 42.6 Å². The van der Waals surface area contributed by atoms with Crippen LogP contribution in [-0.4, -0.2) is 57.2 Å². The van der Waals surface area contributed by atoms with Gasteiger partial charge >= 0.3 is 6.18 Å². The summed E-state index contributed by atoms with van der Waals surface area (Å²) in [5.41, 5.74) is 7.24. The summed E-state index contributed by atoms with van der Waals surface area (Å²) in [6.45, 7) is 3.27. The molecule has 1 amide bonds. The Morgan fingerprint density at radius 1 is 1.11 bits per heavy atom. The van der Waals surface area contributed by atoms with Gasteiger partial charge in [-0.25, -0.2) is 14.5 Å². The highest BCUT2D eigenvalue weighted by molar-refractivity contribution is 5.78. The third kappa shape index (κ3) is 4.81. The Hall–Kier alpha value is -4.35. The zero-order valence-corrected chi connectivity index (χ0v) is 20.7. The van der Waals surface area contributed by atoms with E-state index in [9.17, 15) is 18.0 Å². The number of amides is 1. The van der Waals surface area contributed by atoms with E-state index in [0.29, 0.717) is 59.4 Å². The lowest BCUT2D eigenvalue weighted by Gasteiger charge is -2.17. The third-order valence-corrected chi connectivity index (χ3v) is 6.40. The molecular weight excluding hydrogens is 501 g/mol. The number of hydrogen-bond donors (Lipinski definition) is 1. The molecule has 0 atom stereocenters. The largest absolute Gasteiger partial charge is 0.493 e. The first-order chi connectivity index (χ1) is 18.2. The van der Waals surface area contributed by atoms with Crippen LogP contribution in [0.3, 0.4) is 0 Å². The summed E-state index contributed by atoms with van der Waals surface area (Å²) in [5.74, 6) is 0.547. The number of ether oxygens (including phenoxy) is 2. The number of carbonyl (C=O) groups excluding carboxylic acids is 1. The fourth-order valence-corrected chi connectivity index (χ4v) is 4.51. The number of pyridine rings is 1. The quantitative estimate of drug-likeness (QED) is 0.381. The lowest BCUT2D eigenvalue weighted by molar-refractivity contribution is -0.137. The van der Waals surface area contributed by atoms with Gasteiger partial charge in [0.05, 0.1) is 36.3 Å². The van der Waals surface area contributed by atoms with Crippen LogP contribution in [0.25, 0.3) is 28.2 Å². The van der Waals surface area contributed by atoms with E-state index in [2.05, 4.69) is 15.1 Å². The highest BCUT2D eigenvalue weighted by Crippen LogP contribution is 2.36. The molecule has 0 spiro atoms. The molecule has 3 aromatic heterocycles. The molecule has 1 aliphatic rings. The molecule has 0 bridgehead atoms. The fourth-order valence-electron chi connectivity index (χ4n) is 4.51. The molecular formula is C26H25F3N6O3. The number of benzene rings is 1. The second-order valence-corrected chi connectivity index (χ2v) is 8.89. The smallest absolute Gasteiger partial charge is 0.419 e. The Bertz CT molecular complexity index is 1520. The Labute approximate surface area is 216 Å². The number of carbonyl (C=O) groups is 1. The van der Waals surface area contributed by atoms with Crippen molar-refractivity contribution in [3.8, 4) is 34.0 Å². The maximum Gasteiger partial charge on any atom is 0.419 e. The number of aryl methyl sites for hydroxylation is 1. The van der Waals surface area contributed by atoms with Gasteiger partial charge in [-0.2, -0.15) is 18.3 Å². The van der Waals surface area contributed by atoms with E-state index in [1.807, 2.05) is 6.07 Å². The highest BCUT2D eigenvalue weighted by Gasteiger charge is 2.34. The molecule has 1 aromatic carbocycles. The van der Waals surface area contributed by atoms with Gasteiger partial charge in [0.1, 0.15) is 12.4 Å². The predicted molar refractivity (Wildman–Crippen MR) is 134 cm³/mol. The first-order valence-electron chi connectivity index (χ1n) is 11.9. The Morgan fingerprint density at radius 2 is 1.92 bits per heavy atom. The van der Waals surface area contributed by atoms with Gasteiger partial charge in [0.25, 0.3) is 0 Å². The minimum Gasteiger partial charge on any atom is -0.493 e. The van der Waals surface area contributed by atoms with Crippen molar-refractivity contribution in [3.05, 3.63) is 53.9 Å². The highest BCUT2D eigenvalue weighted by atomic mass is 19.4. The van der Waals surface area contributed by atoms with E-state index in [1.165, 1.54) is 17.8 Å². The summed E-state index contributed by atoms with van der Waals surface area (Å²) in [7, 11) is 1.52. The summed E-state index contributed by atoms with van der Waals surface area (Å²) in [6, 6.07) is 9.79. The van der Waals surface area contributed by atoms with Crippen molar-refractivity contribution in [2.75, 3.05) is 32.5 Å². The number of imidazole rings is 1. The maximum absolute atomic E-state index is 13.5. The SMILES string of the molecule is COc1cc(-c2ccc3nc(C)c(-c4cnc(N)c(C(F)(F)F)c4)n3n2)ccc1OCCN1CCCC1=O. The summed E-state index contributed by atoms with van der Waals surface area (Å²) < 4.78 is 53.2. The van der Waals surface area contributed by atoms with Crippen molar-refractivity contribution < 1.29 is 27.4 Å². The molecule has 4 heterocycles. The molecule has 0 radical (unpaired) electrons. The van der Waals surface area contributed by atoms with Gasteiger partial charge in [0.2, 0.25) is 5.91 Å². The molecule has 12 heteroatoms. The number of methoxy groups -OCH3 is 1. The Morgan fingerprint density at radius 3 is 2.63 bits per heavy atom. The van der Waals surface area contributed by atoms with E-state index in [0.717, 1.165) is 19.0 Å². The molecule has 1 aliphatic heterocycles. The lowest BCUT2D eigenvalue weighted by atomic mass is 10.1. The minimum atomic E-state index is -4.65. The second kappa shape index (κ2) is 9.84. The number of halogens is 3. The normalized spacial score (nSPS) is 13.9. The molecule has 0 unspecified atom stereocenters. The van der Waals surface area contributed by atoms with Gasteiger partial charge in [-0.1, -0.05) is 0 Å². The van der Waals surface area contributed by atoms with Crippen molar-refractivity contribution in [2.24, 2.45) is 0 Å². The summed E-state index contributed by atoms with van der Waals surface area (Å²) in [4.78, 5) is 21.8. The number of aromatic nitrogens is 4. The van der Waals surface area contributed by atoms with Crippen molar-refractivity contribution in [2.45, 2.75) is 25.9 Å². The van der Waals surface area contributed by atoms with Crippen LogP contribution in [0.2, 0.25) is 0 Å². The van der Waals surface area contributed by atoms with E-state index < -0.39 is 17.6 Å². The molecule has 2 N–H and O–H groups in total. The van der Waals surface area contributed by atoms with Gasteiger partial charge in [-0.3, -0.25) is 4.79 Å². The van der Waals surface area contributed by atoms with Crippen molar-refractivity contribution in [1.82, 2.24) is 24.5 Å². The van der Waals surface area contributed by atoms with Crippen LogP contribution in [0.5, 0.6) is 11.5 Å². The molecule has 5 rings (SSSR count). The van der Waals surface area contributed by atoms with Crippen LogP contribution in [-0.2, 0) is 11.0 Å². The molecule has 1 saturated heterocycles. The van der Waals surface area contributed by atoms with Gasteiger partial charge in [-0.15, -0.1) is 0 Å². The zero-order valence-electron chi connectivity index (χ0n) is 20.7. The van der Waals surface area contributed by atoms with Crippen LogP contribution >= 0.6 is 0 Å². The van der Waals surface area contributed by atoms with Gasteiger partial charge in [-0.05, 0) is 49.7 Å². The van der Waals surface area contributed by atoms with Crippen molar-refractivity contribution in [1.29, 1.82) is 0 Å². The Kier molecular flexibility index (Phi) is 6.55. The second-order valence-electron chi connectivity index (χ2n) is 8.89. The number of fused-ring (bicyclic) bond motifs is 1. The van der Waals surface area contributed by atoms with Gasteiger partial charge < -0.3 is 20.1 Å². The summed E-state index contributed by atoms with van der Waals surface area (Å²) in [5, 5.41) is 4.66. The number of likely N-dealkylation sites (tertiary alicyclic amines) is 1. The monoisotopic (exact) mass is 526 g/mol. The van der Waals surface area contributed by atoms with Crippen LogP contribution in [0.4, 0.5) is 19.0 Å².